The Hall–Kier alpha value is -3.15. The van der Waals surface area contributed by atoms with Crippen LogP contribution in [0, 0.1) is 5.92 Å². The molecule has 0 atom stereocenters. The van der Waals surface area contributed by atoms with E-state index >= 15 is 0 Å². The average molecular weight is 394 g/mol. The quantitative estimate of drug-likeness (QED) is 0.763. The SMILES string of the molecule is COC(=O)c1ccccc1NC(=O)C1CCN(C(=O)CCc2ccccc2)CC1. The predicted octanol–water partition coefficient (Wildman–Crippen LogP) is 3.28. The lowest BCUT2D eigenvalue weighted by Gasteiger charge is -2.31. The molecular formula is C23H26N2O4. The molecule has 1 saturated heterocycles. The summed E-state index contributed by atoms with van der Waals surface area (Å²) < 4.78 is 4.76. The molecule has 29 heavy (non-hydrogen) atoms. The number of esters is 1. The number of nitrogens with zero attached hydrogens (tertiary/aromatic N) is 1. The van der Waals surface area contributed by atoms with Crippen LogP contribution in [0.15, 0.2) is 54.6 Å². The maximum absolute atomic E-state index is 12.7. The Morgan fingerprint density at radius 3 is 2.34 bits per heavy atom. The number of hydrogen-bond donors (Lipinski definition) is 1. The number of amides is 2. The lowest BCUT2D eigenvalue weighted by Crippen LogP contribution is -2.41. The van der Waals surface area contributed by atoms with Gasteiger partial charge in [0, 0.05) is 25.4 Å². The van der Waals surface area contributed by atoms with Gasteiger partial charge in [-0.1, -0.05) is 42.5 Å². The molecule has 1 N–H and O–H groups in total. The van der Waals surface area contributed by atoms with Crippen LogP contribution in [0.1, 0.15) is 35.2 Å². The van der Waals surface area contributed by atoms with E-state index in [-0.39, 0.29) is 17.7 Å². The Morgan fingerprint density at radius 1 is 1.00 bits per heavy atom. The molecule has 2 amide bonds. The fourth-order valence-corrected chi connectivity index (χ4v) is 3.56. The van der Waals surface area contributed by atoms with Gasteiger partial charge in [0.15, 0.2) is 0 Å². The summed E-state index contributed by atoms with van der Waals surface area (Å²) in [6, 6.07) is 16.8. The molecule has 0 aliphatic carbocycles. The van der Waals surface area contributed by atoms with Crippen molar-refractivity contribution in [1.29, 1.82) is 0 Å². The molecule has 6 heteroatoms. The molecule has 1 aliphatic heterocycles. The smallest absolute Gasteiger partial charge is 0.339 e. The summed E-state index contributed by atoms with van der Waals surface area (Å²) in [5.41, 5.74) is 1.93. The number of aryl methyl sites for hydroxylation is 1. The number of likely N-dealkylation sites (tertiary alicyclic amines) is 1. The molecule has 0 aromatic heterocycles. The fraction of sp³-hybridized carbons (Fsp3) is 0.348. The molecule has 1 fully saturated rings. The molecule has 0 bridgehead atoms. The Labute approximate surface area is 170 Å². The molecule has 1 aliphatic rings. The van der Waals surface area contributed by atoms with Gasteiger partial charge in [-0.05, 0) is 37.0 Å². The normalized spacial score (nSPS) is 14.3. The second-order valence-electron chi connectivity index (χ2n) is 7.17. The van der Waals surface area contributed by atoms with Crippen LogP contribution in [-0.4, -0.2) is 42.9 Å². The average Bonchev–Trinajstić information content (AvgIpc) is 2.78. The number of nitrogens with one attached hydrogen (secondary N) is 1. The Bertz CT molecular complexity index is 858. The van der Waals surface area contributed by atoms with Crippen molar-refractivity contribution in [2.45, 2.75) is 25.7 Å². The minimum atomic E-state index is -0.486. The van der Waals surface area contributed by atoms with E-state index in [1.165, 1.54) is 7.11 Å². The van der Waals surface area contributed by atoms with Gasteiger partial charge in [-0.25, -0.2) is 4.79 Å². The van der Waals surface area contributed by atoms with Crippen molar-refractivity contribution in [2.24, 2.45) is 5.92 Å². The number of methoxy groups -OCH3 is 1. The van der Waals surface area contributed by atoms with Crippen LogP contribution in [0.5, 0.6) is 0 Å². The summed E-state index contributed by atoms with van der Waals surface area (Å²) in [5, 5.41) is 2.84. The van der Waals surface area contributed by atoms with Gasteiger partial charge in [0.2, 0.25) is 11.8 Å². The molecule has 2 aromatic carbocycles. The monoisotopic (exact) mass is 394 g/mol. The van der Waals surface area contributed by atoms with E-state index in [0.717, 1.165) is 12.0 Å². The number of carbonyl (C=O) groups is 3. The standard InChI is InChI=1S/C23H26N2O4/c1-29-23(28)19-9-5-6-10-20(19)24-22(27)18-13-15-25(16-14-18)21(26)12-11-17-7-3-2-4-8-17/h2-10,18H,11-16H2,1H3,(H,24,27). The third kappa shape index (κ3) is 5.44. The van der Waals surface area contributed by atoms with E-state index in [2.05, 4.69) is 5.32 Å². The number of hydrogen-bond acceptors (Lipinski definition) is 4. The first kappa shape index (κ1) is 20.6. The van der Waals surface area contributed by atoms with E-state index in [4.69, 9.17) is 4.74 Å². The minimum Gasteiger partial charge on any atom is -0.465 e. The summed E-state index contributed by atoms with van der Waals surface area (Å²) in [6.45, 7) is 1.15. The summed E-state index contributed by atoms with van der Waals surface area (Å²) in [4.78, 5) is 38.8. The second-order valence-corrected chi connectivity index (χ2v) is 7.17. The molecule has 1 heterocycles. The third-order valence-corrected chi connectivity index (χ3v) is 5.28. The Kier molecular flexibility index (Phi) is 7.00. The first-order valence-corrected chi connectivity index (χ1v) is 9.88. The van der Waals surface area contributed by atoms with E-state index in [1.807, 2.05) is 35.2 Å². The second kappa shape index (κ2) is 9.87. The zero-order valence-corrected chi connectivity index (χ0v) is 16.6. The summed E-state index contributed by atoms with van der Waals surface area (Å²) in [6.07, 6.45) is 2.43. The summed E-state index contributed by atoms with van der Waals surface area (Å²) >= 11 is 0. The van der Waals surface area contributed by atoms with Gasteiger partial charge in [-0.2, -0.15) is 0 Å². The van der Waals surface area contributed by atoms with Crippen molar-refractivity contribution in [3.63, 3.8) is 0 Å². The van der Waals surface area contributed by atoms with Gasteiger partial charge in [-0.15, -0.1) is 0 Å². The summed E-state index contributed by atoms with van der Waals surface area (Å²) in [5.74, 6) is -0.667. The lowest BCUT2D eigenvalue weighted by atomic mass is 9.95. The number of anilines is 1. The summed E-state index contributed by atoms with van der Waals surface area (Å²) in [7, 11) is 1.31. The number of ether oxygens (including phenoxy) is 1. The van der Waals surface area contributed by atoms with Crippen LogP contribution < -0.4 is 5.32 Å². The molecule has 0 radical (unpaired) electrons. The highest BCUT2D eigenvalue weighted by molar-refractivity contribution is 6.01. The molecule has 152 valence electrons. The van der Waals surface area contributed by atoms with E-state index in [9.17, 15) is 14.4 Å². The topological polar surface area (TPSA) is 75.7 Å². The molecule has 0 saturated carbocycles. The number of carbonyl (C=O) groups excluding carboxylic acids is 3. The van der Waals surface area contributed by atoms with Gasteiger partial charge in [0.25, 0.3) is 0 Å². The molecular weight excluding hydrogens is 368 g/mol. The van der Waals surface area contributed by atoms with Gasteiger partial charge in [0.05, 0.1) is 18.4 Å². The van der Waals surface area contributed by atoms with Crippen molar-refractivity contribution in [1.82, 2.24) is 4.90 Å². The largest absolute Gasteiger partial charge is 0.465 e. The van der Waals surface area contributed by atoms with E-state index < -0.39 is 5.97 Å². The lowest BCUT2D eigenvalue weighted by molar-refractivity contribution is -0.134. The van der Waals surface area contributed by atoms with Crippen LogP contribution in [-0.2, 0) is 20.7 Å². The highest BCUT2D eigenvalue weighted by atomic mass is 16.5. The minimum absolute atomic E-state index is 0.127. The number of rotatable bonds is 6. The van der Waals surface area contributed by atoms with Crippen LogP contribution in [0.25, 0.3) is 0 Å². The van der Waals surface area contributed by atoms with Gasteiger partial charge in [-0.3, -0.25) is 9.59 Å². The third-order valence-electron chi connectivity index (χ3n) is 5.28. The highest BCUT2D eigenvalue weighted by Crippen LogP contribution is 2.22. The molecule has 3 rings (SSSR count). The van der Waals surface area contributed by atoms with Crippen molar-refractivity contribution >= 4 is 23.5 Å². The van der Waals surface area contributed by atoms with E-state index in [0.29, 0.717) is 43.6 Å². The molecule has 2 aromatic rings. The van der Waals surface area contributed by atoms with Crippen molar-refractivity contribution in [3.05, 3.63) is 65.7 Å². The first-order chi connectivity index (χ1) is 14.1. The number of para-hydroxylation sites is 1. The zero-order valence-electron chi connectivity index (χ0n) is 16.6. The molecule has 0 unspecified atom stereocenters. The van der Waals surface area contributed by atoms with E-state index in [1.54, 1.807) is 24.3 Å². The molecule has 0 spiro atoms. The Morgan fingerprint density at radius 2 is 1.66 bits per heavy atom. The number of benzene rings is 2. The number of piperidine rings is 1. The highest BCUT2D eigenvalue weighted by Gasteiger charge is 2.28. The maximum Gasteiger partial charge on any atom is 0.339 e. The van der Waals surface area contributed by atoms with Gasteiger partial charge in [0.1, 0.15) is 0 Å². The van der Waals surface area contributed by atoms with Crippen molar-refractivity contribution in [2.75, 3.05) is 25.5 Å². The zero-order chi connectivity index (χ0) is 20.6. The van der Waals surface area contributed by atoms with Crippen molar-refractivity contribution < 1.29 is 19.1 Å². The van der Waals surface area contributed by atoms with Gasteiger partial charge >= 0.3 is 5.97 Å². The fourth-order valence-electron chi connectivity index (χ4n) is 3.56. The van der Waals surface area contributed by atoms with Crippen LogP contribution in [0.4, 0.5) is 5.69 Å². The van der Waals surface area contributed by atoms with Crippen LogP contribution in [0.2, 0.25) is 0 Å². The van der Waals surface area contributed by atoms with Crippen LogP contribution in [0.3, 0.4) is 0 Å². The van der Waals surface area contributed by atoms with Crippen LogP contribution >= 0.6 is 0 Å². The Balaban J connectivity index is 1.50. The van der Waals surface area contributed by atoms with Gasteiger partial charge < -0.3 is 15.0 Å². The maximum atomic E-state index is 12.7. The molecule has 6 nitrogen and oxygen atoms in total. The first-order valence-electron chi connectivity index (χ1n) is 9.88. The van der Waals surface area contributed by atoms with Crippen molar-refractivity contribution in [3.8, 4) is 0 Å². The predicted molar refractivity (Wildman–Crippen MR) is 110 cm³/mol.